The number of halogens is 9. The Labute approximate surface area is 733 Å². The number of phenols is 3. The molecule has 0 atom stereocenters. The van der Waals surface area contributed by atoms with E-state index in [-0.39, 0.29) is 84.8 Å². The number of rotatable bonds is 4. The van der Waals surface area contributed by atoms with Gasteiger partial charge in [0.15, 0.2) is 0 Å². The SMILES string of the molecule is C.CC(C)(C)c1cc(C(C)(C)C)c(O)cc1N.CC(C)(C)c1cc(C(C)(C)C)c([N+](=O)[O-])cc1O.CC(C)(C)c1ccc(O)c(C(C)(C)C)c1.CI.COC(=O)Oc1cc([N+](=O)[O-])c(C(C)(C)C)cc1C(C)(C)C.COC(=O)Oc1ccc(C(C)(C)C)cc1C(C)(C)C.IC(I)I.ICI.I[I-]I. The standard InChI is InChI=1S/C16H23NO5.C16H24O3.C14H21NO3.C14H23NO.C14H22O.CHI3.CH2I2.CH3I.CH4.I3/c1-15(2,3)10-8-11(16(4,5)6)13(22-14(18)21-7)9-12(10)17(19)20;1-15(2,3)11-8-9-13(19-14(17)18-7)12(10-11)16(4,5)6;1-13(2,3)9-7-10(14(4,5)6)12(16)8-11(9)15(17)18;1-13(2,3)9-7-10(14(4,5)6)12(16)8-11(9)15;1-13(2,3)10-7-8-12(15)11(9-10)14(4,5)6;2-1(3)4;2-1-3;1-2;;1-3-2/h8-9H,1-7H3;8-10H,1-7H3;7-8,16H,1-6H3;7-8,16H,15H2,1-6H3;7-9,15H,1-6H3;1H;1H2;1H3;1H4;/q;;;;;;;;;-1. The van der Waals surface area contributed by atoms with Crippen molar-refractivity contribution < 1.29 is 67.0 Å². The number of hydrogen-bond donors (Lipinski definition) is 4. The number of nitro benzene ring substituents is 2. The van der Waals surface area contributed by atoms with Gasteiger partial charge in [-0.3, -0.25) is 20.2 Å². The fourth-order valence-corrected chi connectivity index (χ4v) is 9.31. The van der Waals surface area contributed by atoms with Gasteiger partial charge in [-0.25, -0.2) is 9.59 Å². The van der Waals surface area contributed by atoms with Gasteiger partial charge in [0.2, 0.25) is 0 Å². The molecule has 5 aromatic rings. The number of nitrogen functional groups attached to an aromatic ring is 1. The maximum atomic E-state index is 11.4. The van der Waals surface area contributed by atoms with Crippen LogP contribution in [-0.4, -0.2) is 59.0 Å². The number of methoxy groups -OCH3 is 2. The van der Waals surface area contributed by atoms with Crippen LogP contribution in [0.5, 0.6) is 28.7 Å². The Morgan fingerprint density at radius 2 is 0.660 bits per heavy atom. The van der Waals surface area contributed by atoms with Crippen LogP contribution in [0.25, 0.3) is 0 Å². The average Bonchev–Trinajstić information content (AvgIpc) is 0.793. The minimum atomic E-state index is -0.900. The van der Waals surface area contributed by atoms with Gasteiger partial charge in [-0.05, 0) is 117 Å². The van der Waals surface area contributed by atoms with E-state index in [1.165, 1.54) is 39.9 Å². The molecule has 103 heavy (non-hydrogen) atoms. The molecule has 0 heterocycles. The molecule has 0 radical (unpaired) electrons. The van der Waals surface area contributed by atoms with Crippen molar-refractivity contribution in [3.63, 3.8) is 0 Å². The van der Waals surface area contributed by atoms with E-state index in [1.54, 1.807) is 24.3 Å². The molecule has 0 fully saturated rings. The van der Waals surface area contributed by atoms with Crippen LogP contribution in [0.3, 0.4) is 0 Å². The molecule has 0 aliphatic heterocycles. The summed E-state index contributed by atoms with van der Waals surface area (Å²) in [5.41, 5.74) is 14.4. The van der Waals surface area contributed by atoms with Crippen molar-refractivity contribution in [2.75, 3.05) is 27.3 Å². The van der Waals surface area contributed by atoms with Crippen molar-refractivity contribution in [1.82, 2.24) is 0 Å². The van der Waals surface area contributed by atoms with E-state index in [9.17, 15) is 45.1 Å². The number of nitrogens with two attached hydrogens (primary N) is 1. The van der Waals surface area contributed by atoms with E-state index in [1.807, 2.05) is 112 Å². The van der Waals surface area contributed by atoms with E-state index < -0.39 is 27.6 Å². The normalized spacial score (nSPS) is 11.7. The second-order valence-corrected chi connectivity index (χ2v) is 65.3. The number of anilines is 1. The molecule has 0 bridgehead atoms. The van der Waals surface area contributed by atoms with E-state index in [2.05, 4.69) is 319 Å². The van der Waals surface area contributed by atoms with Gasteiger partial charge in [0.25, 0.3) is 11.4 Å². The van der Waals surface area contributed by atoms with Crippen molar-refractivity contribution in [3.05, 3.63) is 149 Å². The van der Waals surface area contributed by atoms with Crippen molar-refractivity contribution in [1.29, 1.82) is 0 Å². The van der Waals surface area contributed by atoms with Crippen LogP contribution in [0.4, 0.5) is 26.7 Å². The van der Waals surface area contributed by atoms with Gasteiger partial charge >= 0.3 is 62.8 Å². The number of alkyl halides is 6. The second kappa shape index (κ2) is 47.5. The number of nitro groups is 2. The number of aromatic hydroxyl groups is 3. The monoisotopic (exact) mass is 2450 g/mol. The zero-order valence-corrected chi connectivity index (χ0v) is 85.9. The molecular formula is C78H123I9N3O13-. The first-order chi connectivity index (χ1) is 45.6. The molecule has 0 spiro atoms. The summed E-state index contributed by atoms with van der Waals surface area (Å²) in [6.07, 6.45) is -1.59. The van der Waals surface area contributed by atoms with Crippen LogP contribution < -0.4 is 28.5 Å². The zero-order chi connectivity index (χ0) is 82.0. The van der Waals surface area contributed by atoms with Gasteiger partial charge in [-0.15, -0.1) is 0 Å². The Bertz CT molecular complexity index is 3400. The molecule has 0 saturated carbocycles. The molecular weight excluding hydrogens is 2330 g/mol. The predicted octanol–water partition coefficient (Wildman–Crippen LogP) is 25.1. The van der Waals surface area contributed by atoms with E-state index in [0.717, 1.165) is 27.8 Å². The van der Waals surface area contributed by atoms with Gasteiger partial charge in [0.1, 0.15) is 28.7 Å². The Morgan fingerprint density at radius 1 is 0.417 bits per heavy atom. The Kier molecular flexibility index (Phi) is 51.1. The summed E-state index contributed by atoms with van der Waals surface area (Å²) in [5, 5.41) is 52.2. The molecule has 0 aliphatic carbocycles. The number of benzene rings is 5. The van der Waals surface area contributed by atoms with Crippen LogP contribution in [0, 0.1) is 20.2 Å². The van der Waals surface area contributed by atoms with Gasteiger partial charge in [0.05, 0.1) is 38.6 Å². The summed E-state index contributed by atoms with van der Waals surface area (Å²) >= 11 is 19.0. The molecule has 0 aliphatic rings. The van der Waals surface area contributed by atoms with E-state index in [0.29, 0.717) is 47.1 Å². The first kappa shape index (κ1) is 111. The average molecular weight is 2450 g/mol. The minimum absolute atomic E-state index is 0. The zero-order valence-electron chi connectivity index (χ0n) is 66.5. The summed E-state index contributed by atoms with van der Waals surface area (Å²) < 4.78 is 21.3. The van der Waals surface area contributed by atoms with Crippen molar-refractivity contribution in [2.45, 2.75) is 269 Å². The quantitative estimate of drug-likeness (QED) is 0.0249. The topological polar surface area (TPSA) is 244 Å². The fourth-order valence-electron chi connectivity index (χ4n) is 9.31. The third kappa shape index (κ3) is 42.4. The number of hydrogen-bond acceptors (Lipinski definition) is 14. The molecule has 5 N–H and O–H groups in total. The molecule has 5 rings (SSSR count). The number of carbonyl (C=O) groups is 2. The molecule has 16 nitrogen and oxygen atoms in total. The third-order valence-corrected chi connectivity index (χ3v) is 14.7. The van der Waals surface area contributed by atoms with Crippen LogP contribution >= 0.6 is 173 Å². The third-order valence-electron chi connectivity index (χ3n) is 14.7. The van der Waals surface area contributed by atoms with Crippen LogP contribution in [0.15, 0.2) is 72.8 Å². The summed E-state index contributed by atoms with van der Waals surface area (Å²) in [6.45, 7) is 61.6. The Balaban J connectivity index is -0.000000374. The number of carbonyl (C=O) groups excluding carboxylic acids is 2. The van der Waals surface area contributed by atoms with Crippen molar-refractivity contribution in [3.8, 4) is 28.7 Å². The Morgan fingerprint density at radius 3 is 0.951 bits per heavy atom. The van der Waals surface area contributed by atoms with E-state index in [4.69, 9.17) is 15.2 Å². The summed E-state index contributed by atoms with van der Waals surface area (Å²) in [5.74, 6) is 1.39. The maximum absolute atomic E-state index is 11.4. The summed E-state index contributed by atoms with van der Waals surface area (Å²) in [6, 6.07) is 21.7. The Hall–Kier alpha value is -0.790. The molecule has 592 valence electrons. The molecule has 0 unspecified atom stereocenters. The van der Waals surface area contributed by atoms with Gasteiger partial charge < -0.3 is 40.0 Å². The number of phenolic OH excluding ortho intramolecular Hbond substituents is 3. The second-order valence-electron chi connectivity index (χ2n) is 33.7. The fraction of sp³-hybridized carbons (Fsp3) is 0.590. The van der Waals surface area contributed by atoms with Crippen LogP contribution in [0.2, 0.25) is 0 Å². The molecule has 25 heteroatoms. The van der Waals surface area contributed by atoms with Crippen LogP contribution in [0.1, 0.15) is 271 Å². The van der Waals surface area contributed by atoms with Crippen LogP contribution in [-0.2, 0) is 63.6 Å². The predicted molar refractivity (Wildman–Crippen MR) is 501 cm³/mol. The van der Waals surface area contributed by atoms with Gasteiger partial charge in [0, 0.05) is 39.6 Å². The van der Waals surface area contributed by atoms with Crippen molar-refractivity contribution in [2.24, 2.45) is 0 Å². The number of ether oxygens (including phenoxy) is 4. The van der Waals surface area contributed by atoms with Gasteiger partial charge in [-0.2, -0.15) is 0 Å². The van der Waals surface area contributed by atoms with Gasteiger partial charge in [-0.1, -0.05) is 375 Å². The molecule has 0 saturated heterocycles. The summed E-state index contributed by atoms with van der Waals surface area (Å²) in [4.78, 5) is 46.2. The first-order valence-corrected chi connectivity index (χ1v) is 53.9. The van der Waals surface area contributed by atoms with E-state index >= 15 is 0 Å². The molecule has 5 aromatic carbocycles. The first-order valence-electron chi connectivity index (χ1n) is 32.4. The molecule has 0 aromatic heterocycles. The van der Waals surface area contributed by atoms with Crippen molar-refractivity contribution >= 4 is 202 Å². The summed E-state index contributed by atoms with van der Waals surface area (Å²) in [7, 11) is 2.50. The molecule has 0 amide bonds. The number of nitrogens with zero attached hydrogens (tertiary/aromatic N) is 2.